The van der Waals surface area contributed by atoms with Crippen LogP contribution in [-0.4, -0.2) is 19.6 Å². The van der Waals surface area contributed by atoms with E-state index in [0.29, 0.717) is 6.54 Å². The predicted octanol–water partition coefficient (Wildman–Crippen LogP) is 5.95. The SMILES string of the molecule is Cc1cc(-c2cnccn2)cc2cn(Cc3ccc(Oc4ccccc4)cc3)c(O)c12. The van der Waals surface area contributed by atoms with Gasteiger partial charge in [-0.25, -0.2) is 0 Å². The number of nitrogens with zero attached hydrogens (tertiary/aromatic N) is 3. The van der Waals surface area contributed by atoms with Gasteiger partial charge in [0.25, 0.3) is 0 Å². The van der Waals surface area contributed by atoms with Crippen LogP contribution in [0, 0.1) is 6.92 Å². The molecular weight excluding hydrogens is 386 g/mol. The van der Waals surface area contributed by atoms with Crippen molar-refractivity contribution in [3.05, 3.63) is 103 Å². The molecule has 0 aliphatic rings. The van der Waals surface area contributed by atoms with Gasteiger partial charge in [0, 0.05) is 34.9 Å². The lowest BCUT2D eigenvalue weighted by Gasteiger charge is -2.08. The molecule has 5 aromatic rings. The fourth-order valence-electron chi connectivity index (χ4n) is 3.80. The number of aromatic hydroxyl groups is 1. The standard InChI is InChI=1S/C26H21N3O2/c1-18-13-20(24-15-27-11-12-28-24)14-21-17-29(26(30)25(18)21)16-19-7-9-23(10-8-19)31-22-5-3-2-4-6-22/h2-15,17,30H,16H2,1H3. The largest absolute Gasteiger partial charge is 0.494 e. The highest BCUT2D eigenvalue weighted by atomic mass is 16.5. The Morgan fingerprint density at radius 2 is 1.71 bits per heavy atom. The summed E-state index contributed by atoms with van der Waals surface area (Å²) in [4.78, 5) is 8.54. The maximum Gasteiger partial charge on any atom is 0.199 e. The molecule has 0 unspecified atom stereocenters. The fraction of sp³-hybridized carbons (Fsp3) is 0.0769. The van der Waals surface area contributed by atoms with Crippen molar-refractivity contribution >= 4 is 10.8 Å². The second kappa shape index (κ2) is 7.95. The van der Waals surface area contributed by atoms with Crippen molar-refractivity contribution < 1.29 is 9.84 Å². The highest BCUT2D eigenvalue weighted by Gasteiger charge is 2.13. The molecule has 0 amide bonds. The van der Waals surface area contributed by atoms with Crippen LogP contribution in [0.15, 0.2) is 91.5 Å². The summed E-state index contributed by atoms with van der Waals surface area (Å²) in [6.07, 6.45) is 7.07. The topological polar surface area (TPSA) is 60.2 Å². The zero-order valence-electron chi connectivity index (χ0n) is 17.1. The molecule has 0 aliphatic carbocycles. The summed E-state index contributed by atoms with van der Waals surface area (Å²) in [5.74, 6) is 1.85. The quantitative estimate of drug-likeness (QED) is 0.391. The van der Waals surface area contributed by atoms with E-state index < -0.39 is 0 Å². The Labute approximate surface area is 180 Å². The average Bonchev–Trinajstić information content (AvgIpc) is 3.12. The van der Waals surface area contributed by atoms with Gasteiger partial charge in [-0.1, -0.05) is 30.3 Å². The van der Waals surface area contributed by atoms with Gasteiger partial charge in [-0.05, 0) is 54.4 Å². The first-order chi connectivity index (χ1) is 15.2. The third-order valence-corrected chi connectivity index (χ3v) is 5.27. The first-order valence-electron chi connectivity index (χ1n) is 10.1. The van der Waals surface area contributed by atoms with Crippen LogP contribution in [0.2, 0.25) is 0 Å². The normalized spacial score (nSPS) is 11.0. The van der Waals surface area contributed by atoms with Gasteiger partial charge in [-0.2, -0.15) is 0 Å². The number of benzene rings is 3. The van der Waals surface area contributed by atoms with Crippen molar-refractivity contribution in [3.8, 4) is 28.6 Å². The molecule has 0 radical (unpaired) electrons. The minimum absolute atomic E-state index is 0.266. The van der Waals surface area contributed by atoms with Crippen LogP contribution in [0.3, 0.4) is 0 Å². The second-order valence-corrected chi connectivity index (χ2v) is 7.49. The summed E-state index contributed by atoms with van der Waals surface area (Å²) in [7, 11) is 0. The molecule has 0 saturated heterocycles. The van der Waals surface area contributed by atoms with Crippen molar-refractivity contribution in [1.29, 1.82) is 0 Å². The zero-order chi connectivity index (χ0) is 21.2. The van der Waals surface area contributed by atoms with Crippen LogP contribution in [0.1, 0.15) is 11.1 Å². The van der Waals surface area contributed by atoms with Crippen molar-refractivity contribution in [2.45, 2.75) is 13.5 Å². The Morgan fingerprint density at radius 3 is 2.45 bits per heavy atom. The van der Waals surface area contributed by atoms with Gasteiger partial charge in [0.1, 0.15) is 11.5 Å². The summed E-state index contributed by atoms with van der Waals surface area (Å²) in [5, 5.41) is 12.7. The third-order valence-electron chi connectivity index (χ3n) is 5.27. The lowest BCUT2D eigenvalue weighted by molar-refractivity contribution is 0.430. The highest BCUT2D eigenvalue weighted by molar-refractivity contribution is 5.94. The first-order valence-corrected chi connectivity index (χ1v) is 10.1. The van der Waals surface area contributed by atoms with E-state index in [9.17, 15) is 5.11 Å². The van der Waals surface area contributed by atoms with Crippen LogP contribution >= 0.6 is 0 Å². The Kier molecular flexibility index (Phi) is 4.84. The van der Waals surface area contributed by atoms with E-state index in [-0.39, 0.29) is 5.88 Å². The predicted molar refractivity (Wildman–Crippen MR) is 121 cm³/mol. The molecule has 2 heterocycles. The second-order valence-electron chi connectivity index (χ2n) is 7.49. The lowest BCUT2D eigenvalue weighted by Crippen LogP contribution is -1.97. The minimum Gasteiger partial charge on any atom is -0.494 e. The van der Waals surface area contributed by atoms with Gasteiger partial charge in [-0.3, -0.25) is 9.97 Å². The van der Waals surface area contributed by atoms with E-state index in [1.807, 2.05) is 84.4 Å². The molecule has 0 aliphatic heterocycles. The van der Waals surface area contributed by atoms with Gasteiger partial charge in [0.2, 0.25) is 0 Å². The van der Waals surface area contributed by atoms with Crippen molar-refractivity contribution in [2.24, 2.45) is 0 Å². The van der Waals surface area contributed by atoms with E-state index in [2.05, 4.69) is 9.97 Å². The maximum absolute atomic E-state index is 10.9. The molecule has 5 heteroatoms. The number of aromatic nitrogens is 3. The number of ether oxygens (including phenoxy) is 1. The zero-order valence-corrected chi connectivity index (χ0v) is 17.1. The lowest BCUT2D eigenvalue weighted by atomic mass is 10.0. The fourth-order valence-corrected chi connectivity index (χ4v) is 3.80. The number of aryl methyl sites for hydroxylation is 1. The summed E-state index contributed by atoms with van der Waals surface area (Å²) < 4.78 is 7.73. The molecule has 152 valence electrons. The first kappa shape index (κ1) is 18.9. The molecule has 2 aromatic heterocycles. The maximum atomic E-state index is 10.9. The Morgan fingerprint density at radius 1 is 0.935 bits per heavy atom. The molecule has 0 fully saturated rings. The molecule has 0 saturated carbocycles. The molecular formula is C26H21N3O2. The van der Waals surface area contributed by atoms with Gasteiger partial charge in [0.15, 0.2) is 5.88 Å². The summed E-state index contributed by atoms with van der Waals surface area (Å²) in [6, 6.07) is 21.7. The molecule has 0 spiro atoms. The van der Waals surface area contributed by atoms with Crippen LogP contribution in [-0.2, 0) is 6.54 Å². The van der Waals surface area contributed by atoms with Crippen molar-refractivity contribution in [3.63, 3.8) is 0 Å². The number of rotatable bonds is 5. The highest BCUT2D eigenvalue weighted by Crippen LogP contribution is 2.34. The van der Waals surface area contributed by atoms with Crippen LogP contribution in [0.5, 0.6) is 17.4 Å². The summed E-state index contributed by atoms with van der Waals surface area (Å²) in [5.41, 5.74) is 3.87. The third kappa shape index (κ3) is 3.85. The molecule has 1 N–H and O–H groups in total. The number of hydrogen-bond acceptors (Lipinski definition) is 4. The van der Waals surface area contributed by atoms with Gasteiger partial charge >= 0.3 is 0 Å². The van der Waals surface area contributed by atoms with Crippen LogP contribution in [0.4, 0.5) is 0 Å². The van der Waals surface area contributed by atoms with E-state index in [0.717, 1.165) is 44.7 Å². The molecule has 5 nitrogen and oxygen atoms in total. The number of para-hydroxylation sites is 1. The van der Waals surface area contributed by atoms with E-state index in [1.54, 1.807) is 18.6 Å². The van der Waals surface area contributed by atoms with E-state index in [1.165, 1.54) is 0 Å². The van der Waals surface area contributed by atoms with Crippen molar-refractivity contribution in [1.82, 2.24) is 14.5 Å². The minimum atomic E-state index is 0.266. The molecule has 31 heavy (non-hydrogen) atoms. The summed E-state index contributed by atoms with van der Waals surface area (Å²) >= 11 is 0. The van der Waals surface area contributed by atoms with Crippen molar-refractivity contribution in [2.75, 3.05) is 0 Å². The Balaban J connectivity index is 1.41. The Bertz CT molecular complexity index is 1330. The average molecular weight is 407 g/mol. The van der Waals surface area contributed by atoms with Crippen LogP contribution in [0.25, 0.3) is 22.0 Å². The van der Waals surface area contributed by atoms with E-state index in [4.69, 9.17) is 4.74 Å². The van der Waals surface area contributed by atoms with E-state index >= 15 is 0 Å². The monoisotopic (exact) mass is 407 g/mol. The molecule has 0 bridgehead atoms. The Hall–Kier alpha value is -4.12. The molecule has 3 aromatic carbocycles. The van der Waals surface area contributed by atoms with Gasteiger partial charge in [0.05, 0.1) is 18.4 Å². The summed E-state index contributed by atoms with van der Waals surface area (Å²) in [6.45, 7) is 2.56. The van der Waals surface area contributed by atoms with Gasteiger partial charge < -0.3 is 14.4 Å². The molecule has 0 atom stereocenters. The molecule has 5 rings (SSSR count). The number of fused-ring (bicyclic) bond motifs is 1. The van der Waals surface area contributed by atoms with Crippen LogP contribution < -0.4 is 4.74 Å². The smallest absolute Gasteiger partial charge is 0.199 e. The van der Waals surface area contributed by atoms with Gasteiger partial charge in [-0.15, -0.1) is 0 Å². The number of hydrogen-bond donors (Lipinski definition) is 1.